The summed E-state index contributed by atoms with van der Waals surface area (Å²) in [5.41, 5.74) is 0.976. The Bertz CT molecular complexity index is 849. The van der Waals surface area contributed by atoms with Crippen LogP contribution in [0.2, 0.25) is 0 Å². The molecule has 0 aliphatic rings. The molecule has 1 aromatic heterocycles. The van der Waals surface area contributed by atoms with Crippen LogP contribution in [-0.4, -0.2) is 34.5 Å². The summed E-state index contributed by atoms with van der Waals surface area (Å²) >= 11 is 1.81. The van der Waals surface area contributed by atoms with Gasteiger partial charge < -0.3 is 10.6 Å². The number of aliphatic imine (C=N–C) groups is 1. The fourth-order valence-electron chi connectivity index (χ4n) is 2.47. The molecule has 1 unspecified atom stereocenters. The zero-order valence-electron chi connectivity index (χ0n) is 15.9. The predicted molar refractivity (Wildman–Crippen MR) is 124 cm³/mol. The molecule has 1 aromatic carbocycles. The first-order valence-electron chi connectivity index (χ1n) is 8.39. The molecule has 9 heteroatoms. The molecule has 0 saturated heterocycles. The van der Waals surface area contributed by atoms with Gasteiger partial charge >= 0.3 is 0 Å². The Kier molecular flexibility index (Phi) is 9.71. The van der Waals surface area contributed by atoms with Gasteiger partial charge in [0, 0.05) is 35.8 Å². The van der Waals surface area contributed by atoms with Gasteiger partial charge in [-0.05, 0) is 50.7 Å². The minimum absolute atomic E-state index is 0. The Balaban J connectivity index is 0.00000364. The molecule has 2 aromatic rings. The van der Waals surface area contributed by atoms with Gasteiger partial charge in [-0.15, -0.1) is 35.3 Å². The van der Waals surface area contributed by atoms with E-state index >= 15 is 0 Å². The summed E-state index contributed by atoms with van der Waals surface area (Å²) in [5.74, 6) is 0.720. The maximum Gasteiger partial charge on any atom is 0.240 e. The lowest BCUT2D eigenvalue weighted by molar-refractivity contribution is 0.588. The minimum Gasteiger partial charge on any atom is -0.354 e. The SMILES string of the molecule is CN=C(NCc1ccc(S(=O)(=O)NC)cc1)NC(C)Cc1ccc(C)s1.I. The molecule has 0 aliphatic heterocycles. The molecular weight excluding hydrogens is 495 g/mol. The average Bonchev–Trinajstić information content (AvgIpc) is 3.03. The van der Waals surface area contributed by atoms with E-state index < -0.39 is 10.0 Å². The molecule has 27 heavy (non-hydrogen) atoms. The van der Waals surface area contributed by atoms with Crippen LogP contribution in [0.1, 0.15) is 22.2 Å². The lowest BCUT2D eigenvalue weighted by atomic mass is 10.2. The van der Waals surface area contributed by atoms with Gasteiger partial charge in [0.1, 0.15) is 0 Å². The third-order valence-corrected chi connectivity index (χ3v) is 6.33. The molecule has 0 bridgehead atoms. The molecule has 0 radical (unpaired) electrons. The second kappa shape index (κ2) is 11.0. The highest BCUT2D eigenvalue weighted by atomic mass is 127. The highest BCUT2D eigenvalue weighted by Crippen LogP contribution is 2.16. The maximum absolute atomic E-state index is 11.7. The van der Waals surface area contributed by atoms with Crippen LogP contribution < -0.4 is 15.4 Å². The van der Waals surface area contributed by atoms with Gasteiger partial charge in [0.2, 0.25) is 10.0 Å². The van der Waals surface area contributed by atoms with Crippen molar-refractivity contribution in [3.8, 4) is 0 Å². The predicted octanol–water partition coefficient (Wildman–Crippen LogP) is 2.88. The number of hydrogen-bond donors (Lipinski definition) is 3. The van der Waals surface area contributed by atoms with Gasteiger partial charge in [0.15, 0.2) is 5.96 Å². The van der Waals surface area contributed by atoms with Crippen molar-refractivity contribution >= 4 is 51.3 Å². The van der Waals surface area contributed by atoms with Gasteiger partial charge in [-0.25, -0.2) is 13.1 Å². The standard InChI is InChI=1S/C18H26N4O2S2.HI/c1-13(11-16-8-5-14(2)25-16)22-18(19-3)21-12-15-6-9-17(10-7-15)26(23,24)20-4;/h5-10,13,20H,11-12H2,1-4H3,(H2,19,21,22);1H. The summed E-state index contributed by atoms with van der Waals surface area (Å²) in [5, 5.41) is 6.64. The molecule has 150 valence electrons. The Morgan fingerprint density at radius 1 is 1.19 bits per heavy atom. The summed E-state index contributed by atoms with van der Waals surface area (Å²) in [6.45, 7) is 4.80. The van der Waals surface area contributed by atoms with Gasteiger partial charge in [0.05, 0.1) is 4.90 Å². The first kappa shape index (κ1) is 23.9. The van der Waals surface area contributed by atoms with E-state index in [1.165, 1.54) is 16.8 Å². The van der Waals surface area contributed by atoms with E-state index in [2.05, 4.69) is 46.3 Å². The first-order chi connectivity index (χ1) is 12.3. The van der Waals surface area contributed by atoms with E-state index in [1.54, 1.807) is 31.3 Å². The molecule has 2 rings (SSSR count). The zero-order chi connectivity index (χ0) is 19.2. The van der Waals surface area contributed by atoms with E-state index in [0.717, 1.165) is 17.9 Å². The van der Waals surface area contributed by atoms with E-state index in [9.17, 15) is 8.42 Å². The third-order valence-electron chi connectivity index (χ3n) is 3.87. The molecule has 0 aliphatic carbocycles. The number of nitrogens with zero attached hydrogens (tertiary/aromatic N) is 1. The van der Waals surface area contributed by atoms with Crippen molar-refractivity contribution in [1.82, 2.24) is 15.4 Å². The summed E-state index contributed by atoms with van der Waals surface area (Å²) in [4.78, 5) is 7.17. The van der Waals surface area contributed by atoms with Crippen LogP contribution >= 0.6 is 35.3 Å². The fourth-order valence-corrected chi connectivity index (χ4v) is 4.21. The van der Waals surface area contributed by atoms with Crippen molar-refractivity contribution in [3.63, 3.8) is 0 Å². The van der Waals surface area contributed by atoms with E-state index in [-0.39, 0.29) is 34.9 Å². The number of halogens is 1. The van der Waals surface area contributed by atoms with Crippen molar-refractivity contribution < 1.29 is 8.42 Å². The fraction of sp³-hybridized carbons (Fsp3) is 0.389. The van der Waals surface area contributed by atoms with E-state index in [0.29, 0.717) is 6.54 Å². The Hall–Kier alpha value is -1.17. The number of benzene rings is 1. The number of thiophene rings is 1. The van der Waals surface area contributed by atoms with Crippen molar-refractivity contribution in [2.24, 2.45) is 4.99 Å². The maximum atomic E-state index is 11.7. The van der Waals surface area contributed by atoms with Gasteiger partial charge in [-0.2, -0.15) is 0 Å². The van der Waals surface area contributed by atoms with Crippen LogP contribution in [0, 0.1) is 6.92 Å². The lowest BCUT2D eigenvalue weighted by Crippen LogP contribution is -2.42. The Morgan fingerprint density at radius 2 is 1.85 bits per heavy atom. The van der Waals surface area contributed by atoms with Crippen molar-refractivity contribution in [2.75, 3.05) is 14.1 Å². The van der Waals surface area contributed by atoms with E-state index in [4.69, 9.17) is 0 Å². The quantitative estimate of drug-likeness (QED) is 0.297. The second-order valence-electron chi connectivity index (χ2n) is 6.04. The second-order valence-corrected chi connectivity index (χ2v) is 9.30. The summed E-state index contributed by atoms with van der Waals surface area (Å²) in [6.07, 6.45) is 0.940. The lowest BCUT2D eigenvalue weighted by Gasteiger charge is -2.17. The normalized spacial score (nSPS) is 13.0. The number of rotatable bonds is 7. The highest BCUT2D eigenvalue weighted by Gasteiger charge is 2.11. The topological polar surface area (TPSA) is 82.6 Å². The van der Waals surface area contributed by atoms with Crippen LogP contribution in [-0.2, 0) is 23.0 Å². The molecule has 0 fully saturated rings. The monoisotopic (exact) mass is 522 g/mol. The van der Waals surface area contributed by atoms with Gasteiger partial charge in [-0.3, -0.25) is 4.99 Å². The van der Waals surface area contributed by atoms with Crippen molar-refractivity contribution in [2.45, 2.75) is 37.8 Å². The number of hydrogen-bond acceptors (Lipinski definition) is 4. The third kappa shape index (κ3) is 7.40. The molecule has 0 amide bonds. The van der Waals surface area contributed by atoms with Gasteiger partial charge in [-0.1, -0.05) is 12.1 Å². The van der Waals surface area contributed by atoms with Crippen LogP contribution in [0.4, 0.5) is 0 Å². The molecule has 1 heterocycles. The number of nitrogens with one attached hydrogen (secondary N) is 3. The number of guanidine groups is 1. The average molecular weight is 522 g/mol. The zero-order valence-corrected chi connectivity index (χ0v) is 19.9. The summed E-state index contributed by atoms with van der Waals surface area (Å²) in [7, 11) is -0.262. The Labute approximate surface area is 182 Å². The van der Waals surface area contributed by atoms with Crippen molar-refractivity contribution in [3.05, 3.63) is 51.7 Å². The molecule has 0 spiro atoms. The molecule has 0 saturated carbocycles. The first-order valence-corrected chi connectivity index (χ1v) is 10.7. The smallest absolute Gasteiger partial charge is 0.240 e. The molecular formula is C18H27IN4O2S2. The van der Waals surface area contributed by atoms with Crippen LogP contribution in [0.25, 0.3) is 0 Å². The molecule has 6 nitrogen and oxygen atoms in total. The van der Waals surface area contributed by atoms with Crippen LogP contribution in [0.3, 0.4) is 0 Å². The highest BCUT2D eigenvalue weighted by molar-refractivity contribution is 14.0. The number of sulfonamides is 1. The largest absolute Gasteiger partial charge is 0.354 e. The van der Waals surface area contributed by atoms with Crippen LogP contribution in [0.5, 0.6) is 0 Å². The summed E-state index contributed by atoms with van der Waals surface area (Å²) < 4.78 is 25.8. The summed E-state index contributed by atoms with van der Waals surface area (Å²) in [6, 6.07) is 11.3. The van der Waals surface area contributed by atoms with Gasteiger partial charge in [0.25, 0.3) is 0 Å². The minimum atomic E-state index is -3.40. The molecule has 3 N–H and O–H groups in total. The molecule has 1 atom stereocenters. The van der Waals surface area contributed by atoms with Crippen molar-refractivity contribution in [1.29, 1.82) is 0 Å². The Morgan fingerprint density at radius 3 is 2.37 bits per heavy atom. The van der Waals surface area contributed by atoms with E-state index in [1.807, 2.05) is 11.3 Å². The van der Waals surface area contributed by atoms with Crippen LogP contribution in [0.15, 0.2) is 46.3 Å². The number of aryl methyl sites for hydroxylation is 1.